The number of benzene rings is 1. The fourth-order valence-corrected chi connectivity index (χ4v) is 4.00. The zero-order chi connectivity index (χ0) is 22.4. The molecule has 1 aliphatic heterocycles. The lowest BCUT2D eigenvalue weighted by Gasteiger charge is -2.31. The maximum Gasteiger partial charge on any atom is 0.490 e. The molecule has 3 heterocycles. The van der Waals surface area contributed by atoms with Gasteiger partial charge in [-0.05, 0) is 18.9 Å². The third-order valence-electron chi connectivity index (χ3n) is 4.68. The first kappa shape index (κ1) is 23.2. The molecule has 0 amide bonds. The molecule has 31 heavy (non-hydrogen) atoms. The highest BCUT2D eigenvalue weighted by molar-refractivity contribution is 7.09. The molecule has 0 unspecified atom stereocenters. The summed E-state index contributed by atoms with van der Waals surface area (Å²) >= 11 is 7.98. The number of hydrogen-bond donors (Lipinski definition) is 1. The van der Waals surface area contributed by atoms with Crippen LogP contribution in [0.15, 0.2) is 42.0 Å². The van der Waals surface area contributed by atoms with Gasteiger partial charge in [0.25, 0.3) is 0 Å². The molecule has 0 spiro atoms. The molecule has 1 saturated heterocycles. The fraction of sp³-hybridized carbons (Fsp3) is 0.368. The normalized spacial score (nSPS) is 15.4. The number of likely N-dealkylation sites (tertiary alicyclic amines) is 1. The molecule has 7 nitrogen and oxygen atoms in total. The average Bonchev–Trinajstić information content (AvgIpc) is 3.41. The molecule has 166 valence electrons. The highest BCUT2D eigenvalue weighted by Gasteiger charge is 2.38. The first-order valence-electron chi connectivity index (χ1n) is 9.31. The van der Waals surface area contributed by atoms with Crippen LogP contribution in [0.1, 0.15) is 23.9 Å². The number of alkyl halides is 3. The van der Waals surface area contributed by atoms with Crippen molar-refractivity contribution >= 4 is 28.9 Å². The lowest BCUT2D eigenvalue weighted by atomic mass is 10.1. The van der Waals surface area contributed by atoms with E-state index in [1.165, 1.54) is 5.01 Å². The Kier molecular flexibility index (Phi) is 7.63. The van der Waals surface area contributed by atoms with Crippen LogP contribution in [0, 0.1) is 0 Å². The Labute approximate surface area is 185 Å². The lowest BCUT2D eigenvalue weighted by molar-refractivity contribution is -0.192. The van der Waals surface area contributed by atoms with Crippen molar-refractivity contribution in [2.45, 2.75) is 31.6 Å². The minimum Gasteiger partial charge on any atom is -0.475 e. The van der Waals surface area contributed by atoms with Crippen molar-refractivity contribution in [1.29, 1.82) is 0 Å². The topological polar surface area (TPSA) is 84.1 Å². The molecule has 0 bridgehead atoms. The SMILES string of the molecule is Clc1ccccc1-c1cn(C2CCN(Cc3nccs3)CC2)nn1.O=C(O)C(F)(F)F. The predicted octanol–water partition coefficient (Wildman–Crippen LogP) is 4.53. The van der Waals surface area contributed by atoms with Gasteiger partial charge in [-0.1, -0.05) is 35.0 Å². The van der Waals surface area contributed by atoms with E-state index in [2.05, 4.69) is 20.2 Å². The zero-order valence-corrected chi connectivity index (χ0v) is 17.7. The first-order chi connectivity index (χ1) is 14.7. The van der Waals surface area contributed by atoms with Crippen LogP contribution >= 0.6 is 22.9 Å². The molecule has 1 aromatic carbocycles. The number of halogens is 4. The predicted molar refractivity (Wildman–Crippen MR) is 110 cm³/mol. The molecule has 4 rings (SSSR count). The van der Waals surface area contributed by atoms with Gasteiger partial charge < -0.3 is 5.11 Å². The van der Waals surface area contributed by atoms with E-state index < -0.39 is 12.1 Å². The summed E-state index contributed by atoms with van der Waals surface area (Å²) in [5, 5.41) is 19.7. The summed E-state index contributed by atoms with van der Waals surface area (Å²) < 4.78 is 33.7. The van der Waals surface area contributed by atoms with Gasteiger partial charge >= 0.3 is 12.1 Å². The van der Waals surface area contributed by atoms with Gasteiger partial charge in [-0.25, -0.2) is 14.5 Å². The van der Waals surface area contributed by atoms with Gasteiger partial charge in [0.2, 0.25) is 0 Å². The van der Waals surface area contributed by atoms with Gasteiger partial charge in [-0.15, -0.1) is 16.4 Å². The summed E-state index contributed by atoms with van der Waals surface area (Å²) in [6.07, 6.45) is 0.966. The van der Waals surface area contributed by atoms with Crippen molar-refractivity contribution in [1.82, 2.24) is 24.9 Å². The van der Waals surface area contributed by atoms with E-state index in [9.17, 15) is 13.2 Å². The average molecular weight is 474 g/mol. The van der Waals surface area contributed by atoms with Gasteiger partial charge in [-0.2, -0.15) is 13.2 Å². The van der Waals surface area contributed by atoms with Gasteiger partial charge in [0.05, 0.1) is 23.8 Å². The van der Waals surface area contributed by atoms with E-state index in [-0.39, 0.29) is 0 Å². The van der Waals surface area contributed by atoms with Crippen LogP contribution in [0.5, 0.6) is 0 Å². The Bertz CT molecular complexity index is 989. The van der Waals surface area contributed by atoms with Crippen LogP contribution in [0.2, 0.25) is 5.02 Å². The smallest absolute Gasteiger partial charge is 0.475 e. The zero-order valence-electron chi connectivity index (χ0n) is 16.2. The molecular formula is C19H19ClF3N5O2S. The fourth-order valence-electron chi connectivity index (χ4n) is 3.11. The third-order valence-corrected chi connectivity index (χ3v) is 5.77. The molecule has 12 heteroatoms. The van der Waals surface area contributed by atoms with Crippen molar-refractivity contribution in [2.24, 2.45) is 0 Å². The number of thiazole rings is 1. The van der Waals surface area contributed by atoms with Crippen molar-refractivity contribution in [3.63, 3.8) is 0 Å². The van der Waals surface area contributed by atoms with Crippen LogP contribution < -0.4 is 0 Å². The maximum absolute atomic E-state index is 10.6. The molecule has 2 aromatic heterocycles. The summed E-state index contributed by atoms with van der Waals surface area (Å²) in [7, 11) is 0. The van der Waals surface area contributed by atoms with E-state index in [0.29, 0.717) is 11.1 Å². The van der Waals surface area contributed by atoms with Crippen molar-refractivity contribution in [3.8, 4) is 11.3 Å². The largest absolute Gasteiger partial charge is 0.490 e. The molecule has 0 radical (unpaired) electrons. The van der Waals surface area contributed by atoms with Crippen LogP contribution in [-0.2, 0) is 11.3 Å². The molecule has 1 fully saturated rings. The third kappa shape index (κ3) is 6.49. The molecular weight excluding hydrogens is 455 g/mol. The van der Waals surface area contributed by atoms with E-state index in [1.54, 1.807) is 11.3 Å². The second-order valence-corrected chi connectivity index (χ2v) is 8.19. The van der Waals surface area contributed by atoms with Gasteiger partial charge in [0.1, 0.15) is 10.7 Å². The standard InChI is InChI=1S/C17H18ClN5S.C2HF3O2/c18-15-4-2-1-3-14(15)16-11-23(21-20-16)13-5-8-22(9-6-13)12-17-19-7-10-24-17;3-2(4,5)1(6)7/h1-4,7,10-11,13H,5-6,8-9,12H2;(H,6,7). The van der Waals surface area contributed by atoms with E-state index in [0.717, 1.165) is 43.7 Å². The van der Waals surface area contributed by atoms with Crippen LogP contribution in [0.3, 0.4) is 0 Å². The second kappa shape index (κ2) is 10.2. The Morgan fingerprint density at radius 1 is 1.26 bits per heavy atom. The minimum absolute atomic E-state index is 0.404. The highest BCUT2D eigenvalue weighted by Crippen LogP contribution is 2.28. The molecule has 0 atom stereocenters. The molecule has 0 aliphatic carbocycles. The van der Waals surface area contributed by atoms with Gasteiger partial charge in [0, 0.05) is 30.2 Å². The first-order valence-corrected chi connectivity index (χ1v) is 10.6. The molecule has 3 aromatic rings. The number of hydrogen-bond acceptors (Lipinski definition) is 6. The van der Waals surface area contributed by atoms with Gasteiger partial charge in [-0.3, -0.25) is 4.90 Å². The molecule has 0 saturated carbocycles. The Morgan fingerprint density at radius 2 is 1.94 bits per heavy atom. The number of rotatable bonds is 4. The van der Waals surface area contributed by atoms with Crippen molar-refractivity contribution in [3.05, 3.63) is 52.1 Å². The Morgan fingerprint density at radius 3 is 2.52 bits per heavy atom. The number of nitrogens with zero attached hydrogens (tertiary/aromatic N) is 5. The summed E-state index contributed by atoms with van der Waals surface area (Å²) in [4.78, 5) is 15.7. The summed E-state index contributed by atoms with van der Waals surface area (Å²) in [5.74, 6) is -2.76. The number of aromatic nitrogens is 4. The van der Waals surface area contributed by atoms with Crippen molar-refractivity contribution in [2.75, 3.05) is 13.1 Å². The molecule has 1 N–H and O–H groups in total. The van der Waals surface area contributed by atoms with Crippen LogP contribution in [0.25, 0.3) is 11.3 Å². The second-order valence-electron chi connectivity index (χ2n) is 6.80. The monoisotopic (exact) mass is 473 g/mol. The number of piperidine rings is 1. The minimum atomic E-state index is -5.08. The van der Waals surface area contributed by atoms with E-state index >= 15 is 0 Å². The summed E-state index contributed by atoms with van der Waals surface area (Å²) in [6, 6.07) is 8.16. The van der Waals surface area contributed by atoms with Crippen molar-refractivity contribution < 1.29 is 23.1 Å². The highest BCUT2D eigenvalue weighted by atomic mass is 35.5. The number of carboxylic acids is 1. The summed E-state index contributed by atoms with van der Waals surface area (Å²) in [6.45, 7) is 3.07. The quantitative estimate of drug-likeness (QED) is 0.599. The van der Waals surface area contributed by atoms with E-state index in [1.807, 2.05) is 46.7 Å². The molecule has 1 aliphatic rings. The Hall–Kier alpha value is -2.50. The van der Waals surface area contributed by atoms with Gasteiger partial charge in [0.15, 0.2) is 0 Å². The Balaban J connectivity index is 0.000000339. The number of carboxylic acid groups (broad SMARTS) is 1. The number of carbonyl (C=O) groups is 1. The van der Waals surface area contributed by atoms with E-state index in [4.69, 9.17) is 21.5 Å². The lowest BCUT2D eigenvalue weighted by Crippen LogP contribution is -2.34. The number of aliphatic carboxylic acids is 1. The summed E-state index contributed by atoms with van der Waals surface area (Å²) in [5.41, 5.74) is 1.78. The maximum atomic E-state index is 10.6. The van der Waals surface area contributed by atoms with Crippen LogP contribution in [0.4, 0.5) is 13.2 Å². The van der Waals surface area contributed by atoms with Crippen LogP contribution in [-0.4, -0.2) is 55.2 Å².